The van der Waals surface area contributed by atoms with Crippen LogP contribution in [0.2, 0.25) is 0 Å². The van der Waals surface area contributed by atoms with E-state index in [1.807, 2.05) is 13.0 Å². The van der Waals surface area contributed by atoms with E-state index in [1.54, 1.807) is 18.5 Å². The summed E-state index contributed by atoms with van der Waals surface area (Å²) in [5.74, 6) is 1.19. The van der Waals surface area contributed by atoms with Crippen molar-refractivity contribution in [2.24, 2.45) is 11.8 Å². The predicted molar refractivity (Wildman–Crippen MR) is 128 cm³/mol. The van der Waals surface area contributed by atoms with Crippen molar-refractivity contribution in [3.05, 3.63) is 58.4 Å². The summed E-state index contributed by atoms with van der Waals surface area (Å²) in [5, 5.41) is 11.9. The first-order valence-electron chi connectivity index (χ1n) is 12.5. The minimum absolute atomic E-state index is 0.233. The molecular formula is C27H35F3N4. The van der Waals surface area contributed by atoms with E-state index in [2.05, 4.69) is 22.2 Å². The number of hydrogen-bond donors (Lipinski definition) is 2. The van der Waals surface area contributed by atoms with Crippen molar-refractivity contribution in [3.8, 4) is 0 Å². The molecule has 3 unspecified atom stereocenters. The maximum atomic E-state index is 14.8. The van der Waals surface area contributed by atoms with Crippen LogP contribution in [0.3, 0.4) is 0 Å². The first-order chi connectivity index (χ1) is 16.5. The second kappa shape index (κ2) is 11.0. The Morgan fingerprint density at radius 1 is 1.12 bits per heavy atom. The molecule has 4 rings (SSSR count). The largest absolute Gasteiger partial charge is 0.305 e. The molecule has 1 aromatic heterocycles. The summed E-state index contributed by atoms with van der Waals surface area (Å²) in [6.45, 7) is 2.92. The molecule has 1 saturated carbocycles. The summed E-state index contributed by atoms with van der Waals surface area (Å²) in [6, 6.07) is 2.70. The topological polar surface area (TPSA) is 61.7 Å². The summed E-state index contributed by atoms with van der Waals surface area (Å²) in [4.78, 5) is 9.13. The highest BCUT2D eigenvalue weighted by Gasteiger charge is 2.39. The Labute approximate surface area is 200 Å². The molecule has 2 aromatic rings. The molecule has 0 bridgehead atoms. The number of alkyl halides is 2. The minimum Gasteiger partial charge on any atom is -0.305 e. The van der Waals surface area contributed by atoms with Gasteiger partial charge in [-0.05, 0) is 47.8 Å². The van der Waals surface area contributed by atoms with E-state index in [1.165, 1.54) is 25.7 Å². The van der Waals surface area contributed by atoms with Gasteiger partial charge in [-0.25, -0.2) is 23.1 Å². The second-order valence-corrected chi connectivity index (χ2v) is 9.92. The monoisotopic (exact) mass is 472 g/mol. The molecule has 184 valence electrons. The van der Waals surface area contributed by atoms with Gasteiger partial charge in [0.25, 0.3) is 0 Å². The molecule has 1 aromatic carbocycles. The molecule has 0 radical (unpaired) electrons. The zero-order valence-electron chi connectivity index (χ0n) is 20.1. The fourth-order valence-corrected chi connectivity index (χ4v) is 5.80. The molecule has 0 saturated heterocycles. The molecule has 3 atom stereocenters. The number of rotatable bonds is 8. The normalized spacial score (nSPS) is 23.4. The standard InChI is InChI=1S/C27H35F3N4/c1-3-18-8-22-16(2)21(19-6-4-5-7-19)9-24(26(31)23(22)10-25(18)30)27-33-14-17(15-34-27)13-32-20(11-28)12-29/h8,10,14-16,19-21,24,31-32H,3-7,9,11-13H2,1-2H3. The van der Waals surface area contributed by atoms with Crippen LogP contribution in [-0.4, -0.2) is 35.1 Å². The third-order valence-electron chi connectivity index (χ3n) is 7.89. The van der Waals surface area contributed by atoms with Crippen molar-refractivity contribution in [3.63, 3.8) is 0 Å². The van der Waals surface area contributed by atoms with Crippen LogP contribution in [0.15, 0.2) is 24.5 Å². The number of aromatic nitrogens is 2. The molecule has 7 heteroatoms. The Hall–Kier alpha value is -2.28. The van der Waals surface area contributed by atoms with Crippen LogP contribution in [0.5, 0.6) is 0 Å². The average Bonchev–Trinajstić information content (AvgIpc) is 3.36. The Bertz CT molecular complexity index is 984. The van der Waals surface area contributed by atoms with Gasteiger partial charge in [-0.3, -0.25) is 0 Å². The highest BCUT2D eigenvalue weighted by atomic mass is 19.1. The smallest absolute Gasteiger partial charge is 0.137 e. The van der Waals surface area contributed by atoms with Gasteiger partial charge in [0.2, 0.25) is 0 Å². The number of benzene rings is 1. The van der Waals surface area contributed by atoms with Crippen LogP contribution in [0.1, 0.15) is 85.9 Å². The summed E-state index contributed by atoms with van der Waals surface area (Å²) in [5.41, 5.74) is 3.57. The first-order valence-corrected chi connectivity index (χ1v) is 12.5. The van der Waals surface area contributed by atoms with E-state index in [4.69, 9.17) is 5.41 Å². The van der Waals surface area contributed by atoms with Crippen molar-refractivity contribution in [1.29, 1.82) is 5.41 Å². The lowest BCUT2D eigenvalue weighted by molar-refractivity contribution is 0.273. The molecule has 4 nitrogen and oxygen atoms in total. The lowest BCUT2D eigenvalue weighted by Crippen LogP contribution is -2.32. The van der Waals surface area contributed by atoms with E-state index in [0.29, 0.717) is 40.9 Å². The van der Waals surface area contributed by atoms with Crippen LogP contribution < -0.4 is 5.32 Å². The molecule has 2 aliphatic rings. The third-order valence-corrected chi connectivity index (χ3v) is 7.89. The average molecular weight is 473 g/mol. The molecule has 0 aliphatic heterocycles. The number of aryl methyl sites for hydroxylation is 1. The van der Waals surface area contributed by atoms with Gasteiger partial charge in [0.05, 0.1) is 12.0 Å². The van der Waals surface area contributed by atoms with E-state index in [0.717, 1.165) is 17.5 Å². The second-order valence-electron chi connectivity index (χ2n) is 9.92. The van der Waals surface area contributed by atoms with Crippen molar-refractivity contribution >= 4 is 5.71 Å². The summed E-state index contributed by atoms with van der Waals surface area (Å²) >= 11 is 0. The van der Waals surface area contributed by atoms with Crippen LogP contribution in [0, 0.1) is 23.1 Å². The lowest BCUT2D eigenvalue weighted by atomic mass is 9.75. The quantitative estimate of drug-likeness (QED) is 0.461. The van der Waals surface area contributed by atoms with Gasteiger partial charge in [0.1, 0.15) is 25.0 Å². The van der Waals surface area contributed by atoms with Crippen molar-refractivity contribution in [2.45, 2.75) is 76.8 Å². The molecule has 2 aliphatic carbocycles. The Kier molecular flexibility index (Phi) is 8.02. The number of hydrogen-bond acceptors (Lipinski definition) is 4. The van der Waals surface area contributed by atoms with Crippen molar-refractivity contribution in [2.75, 3.05) is 13.3 Å². The summed E-state index contributed by atoms with van der Waals surface area (Å²) < 4.78 is 40.3. The lowest BCUT2D eigenvalue weighted by Gasteiger charge is -2.30. The van der Waals surface area contributed by atoms with Gasteiger partial charge in [0, 0.05) is 35.8 Å². The molecule has 34 heavy (non-hydrogen) atoms. The zero-order valence-corrected chi connectivity index (χ0v) is 20.1. The number of nitrogens with zero attached hydrogens (tertiary/aromatic N) is 2. The number of halogens is 3. The van der Waals surface area contributed by atoms with E-state index >= 15 is 0 Å². The van der Waals surface area contributed by atoms with E-state index in [-0.39, 0.29) is 24.2 Å². The molecule has 1 heterocycles. The van der Waals surface area contributed by atoms with Gasteiger partial charge < -0.3 is 10.7 Å². The van der Waals surface area contributed by atoms with Crippen LogP contribution >= 0.6 is 0 Å². The Morgan fingerprint density at radius 2 is 1.79 bits per heavy atom. The van der Waals surface area contributed by atoms with Crippen LogP contribution in [-0.2, 0) is 13.0 Å². The molecule has 1 fully saturated rings. The van der Waals surface area contributed by atoms with Gasteiger partial charge in [0.15, 0.2) is 0 Å². The molecule has 2 N–H and O–H groups in total. The fraction of sp³-hybridized carbons (Fsp3) is 0.593. The van der Waals surface area contributed by atoms with Crippen molar-refractivity contribution in [1.82, 2.24) is 15.3 Å². The maximum Gasteiger partial charge on any atom is 0.137 e. The Balaban J connectivity index is 1.66. The van der Waals surface area contributed by atoms with Crippen LogP contribution in [0.25, 0.3) is 0 Å². The van der Waals surface area contributed by atoms with Gasteiger partial charge in [-0.15, -0.1) is 0 Å². The van der Waals surface area contributed by atoms with Crippen LogP contribution in [0.4, 0.5) is 13.2 Å². The van der Waals surface area contributed by atoms with Gasteiger partial charge in [-0.2, -0.15) is 0 Å². The molecule has 0 amide bonds. The van der Waals surface area contributed by atoms with E-state index in [9.17, 15) is 13.2 Å². The Morgan fingerprint density at radius 3 is 2.41 bits per heavy atom. The SMILES string of the molecule is CCc1cc2c(cc1F)C(=N)C(c1ncc(CNC(CF)CF)cn1)CC(C1CCCC1)C2C. The highest BCUT2D eigenvalue weighted by Crippen LogP contribution is 2.48. The maximum absolute atomic E-state index is 14.8. The molecule has 0 spiro atoms. The first kappa shape index (κ1) is 24.8. The number of fused-ring (bicyclic) bond motifs is 1. The van der Waals surface area contributed by atoms with Gasteiger partial charge in [-0.1, -0.05) is 45.6 Å². The third kappa shape index (κ3) is 5.04. The highest BCUT2D eigenvalue weighted by molar-refractivity contribution is 6.04. The molecular weight excluding hydrogens is 437 g/mol. The van der Waals surface area contributed by atoms with Gasteiger partial charge >= 0.3 is 0 Å². The fourth-order valence-electron chi connectivity index (χ4n) is 5.80. The van der Waals surface area contributed by atoms with Crippen molar-refractivity contribution < 1.29 is 13.2 Å². The number of nitrogens with one attached hydrogen (secondary N) is 2. The zero-order chi connectivity index (χ0) is 24.2. The van der Waals surface area contributed by atoms with E-state index < -0.39 is 19.4 Å². The minimum atomic E-state index is -0.831. The summed E-state index contributed by atoms with van der Waals surface area (Å²) in [7, 11) is 0. The predicted octanol–water partition coefficient (Wildman–Crippen LogP) is 6.04. The summed E-state index contributed by atoms with van der Waals surface area (Å²) in [6.07, 6.45) is 9.59.